The summed E-state index contributed by atoms with van der Waals surface area (Å²) in [6.45, 7) is 4.05. The number of hydrogen-bond donors (Lipinski definition) is 1. The van der Waals surface area contributed by atoms with Gasteiger partial charge < -0.3 is 19.2 Å². The Morgan fingerprint density at radius 3 is 2.70 bits per heavy atom. The number of amides is 1. The number of nitrogens with zero attached hydrogens (tertiary/aromatic N) is 1. The van der Waals surface area contributed by atoms with E-state index in [1.807, 2.05) is 38.1 Å². The van der Waals surface area contributed by atoms with Gasteiger partial charge in [0.05, 0.1) is 18.9 Å². The minimum absolute atomic E-state index is 0.103. The fourth-order valence-corrected chi connectivity index (χ4v) is 3.29. The molecule has 6 heteroatoms. The molecule has 1 aromatic carbocycles. The van der Waals surface area contributed by atoms with Gasteiger partial charge in [0, 0.05) is 13.0 Å². The summed E-state index contributed by atoms with van der Waals surface area (Å²) in [4.78, 5) is 27.0. The summed E-state index contributed by atoms with van der Waals surface area (Å²) >= 11 is 0. The van der Waals surface area contributed by atoms with E-state index in [0.717, 1.165) is 5.56 Å². The molecule has 3 rings (SSSR count). The molecule has 0 saturated carbocycles. The van der Waals surface area contributed by atoms with Crippen LogP contribution in [0.4, 0.5) is 0 Å². The molecule has 1 unspecified atom stereocenters. The van der Waals surface area contributed by atoms with E-state index in [-0.39, 0.29) is 30.2 Å². The molecule has 1 aliphatic heterocycles. The smallest absolute Gasteiger partial charge is 0.290 e. The molecule has 6 nitrogen and oxygen atoms in total. The van der Waals surface area contributed by atoms with E-state index in [1.54, 1.807) is 19.2 Å². The number of aliphatic hydroxyl groups is 1. The molecule has 1 aromatic heterocycles. The van der Waals surface area contributed by atoms with Gasteiger partial charge in [-0.1, -0.05) is 26.0 Å². The highest BCUT2D eigenvalue weighted by molar-refractivity contribution is 6.08. The zero-order valence-corrected chi connectivity index (χ0v) is 15.6. The van der Waals surface area contributed by atoms with E-state index in [4.69, 9.17) is 9.15 Å². The molecule has 2 heterocycles. The normalized spacial score (nSPS) is 17.1. The van der Waals surface area contributed by atoms with Gasteiger partial charge in [0.2, 0.25) is 0 Å². The fourth-order valence-electron chi connectivity index (χ4n) is 3.29. The Labute approximate surface area is 158 Å². The molecule has 1 amide bonds. The third-order valence-corrected chi connectivity index (χ3v) is 4.50. The van der Waals surface area contributed by atoms with Crippen LogP contribution < -0.4 is 4.74 Å². The number of rotatable bonds is 7. The summed E-state index contributed by atoms with van der Waals surface area (Å²) in [6.07, 6.45) is 1.74. The van der Waals surface area contributed by atoms with Crippen LogP contribution in [0.5, 0.6) is 5.75 Å². The SMILES string of the molecule is COc1cccc(CN2C(=O)C(O)=C(C(=O)CC(C)C)C2c2ccco2)c1. The van der Waals surface area contributed by atoms with E-state index >= 15 is 0 Å². The topological polar surface area (TPSA) is 80.0 Å². The van der Waals surface area contributed by atoms with Crippen LogP contribution >= 0.6 is 0 Å². The number of carbonyl (C=O) groups is 2. The van der Waals surface area contributed by atoms with Crippen molar-refractivity contribution >= 4 is 11.7 Å². The first-order valence-electron chi connectivity index (χ1n) is 8.86. The first-order valence-corrected chi connectivity index (χ1v) is 8.86. The van der Waals surface area contributed by atoms with E-state index < -0.39 is 17.7 Å². The van der Waals surface area contributed by atoms with Crippen LogP contribution in [0.1, 0.15) is 37.6 Å². The number of furan rings is 1. The van der Waals surface area contributed by atoms with Crippen LogP contribution in [0, 0.1) is 5.92 Å². The predicted molar refractivity (Wildman–Crippen MR) is 99.1 cm³/mol. The van der Waals surface area contributed by atoms with Crippen LogP contribution in [0.3, 0.4) is 0 Å². The number of hydrogen-bond acceptors (Lipinski definition) is 5. The van der Waals surface area contributed by atoms with Gasteiger partial charge in [0.25, 0.3) is 5.91 Å². The number of methoxy groups -OCH3 is 1. The Morgan fingerprint density at radius 1 is 1.30 bits per heavy atom. The Balaban J connectivity index is 1.98. The molecule has 0 spiro atoms. The molecule has 2 aromatic rings. The number of carbonyl (C=O) groups excluding carboxylic acids is 2. The molecule has 1 aliphatic rings. The summed E-state index contributed by atoms with van der Waals surface area (Å²) in [6, 6.07) is 9.98. The molecule has 0 fully saturated rings. The summed E-state index contributed by atoms with van der Waals surface area (Å²) in [5, 5.41) is 10.5. The fraction of sp³-hybridized carbons (Fsp3) is 0.333. The van der Waals surface area contributed by atoms with Crippen molar-refractivity contribution < 1.29 is 23.8 Å². The van der Waals surface area contributed by atoms with Crippen molar-refractivity contribution in [2.45, 2.75) is 32.9 Å². The summed E-state index contributed by atoms with van der Waals surface area (Å²) in [5.41, 5.74) is 0.927. The van der Waals surface area contributed by atoms with Crippen molar-refractivity contribution in [2.75, 3.05) is 7.11 Å². The van der Waals surface area contributed by atoms with E-state index in [9.17, 15) is 14.7 Å². The van der Waals surface area contributed by atoms with Gasteiger partial charge in [0.1, 0.15) is 17.6 Å². The van der Waals surface area contributed by atoms with Crippen LogP contribution in [0.25, 0.3) is 0 Å². The maximum atomic E-state index is 12.8. The number of aliphatic hydroxyl groups excluding tert-OH is 1. The third kappa shape index (κ3) is 3.74. The molecular weight excluding hydrogens is 346 g/mol. The predicted octanol–water partition coefficient (Wildman–Crippen LogP) is 3.80. The van der Waals surface area contributed by atoms with Crippen molar-refractivity contribution in [3.8, 4) is 5.75 Å². The molecule has 1 N–H and O–H groups in total. The quantitative estimate of drug-likeness (QED) is 0.803. The molecule has 1 atom stereocenters. The first-order chi connectivity index (χ1) is 12.9. The van der Waals surface area contributed by atoms with Crippen LogP contribution in [-0.2, 0) is 16.1 Å². The average Bonchev–Trinajstić information content (AvgIpc) is 3.24. The van der Waals surface area contributed by atoms with E-state index in [2.05, 4.69) is 0 Å². The van der Waals surface area contributed by atoms with Crippen molar-refractivity contribution in [2.24, 2.45) is 5.92 Å². The van der Waals surface area contributed by atoms with Crippen LogP contribution in [0.15, 0.2) is 58.4 Å². The van der Waals surface area contributed by atoms with E-state index in [1.165, 1.54) is 11.2 Å². The lowest BCUT2D eigenvalue weighted by atomic mass is 9.95. The lowest BCUT2D eigenvalue weighted by molar-refractivity contribution is -0.130. The molecule has 0 bridgehead atoms. The number of ketones is 1. The Hall–Kier alpha value is -3.02. The first kappa shape index (κ1) is 18.8. The van der Waals surface area contributed by atoms with Crippen molar-refractivity contribution in [3.05, 3.63) is 65.3 Å². The Bertz CT molecular complexity index is 866. The Kier molecular flexibility index (Phi) is 5.35. The molecule has 142 valence electrons. The zero-order chi connectivity index (χ0) is 19.6. The van der Waals surface area contributed by atoms with E-state index in [0.29, 0.717) is 11.5 Å². The van der Waals surface area contributed by atoms with Crippen LogP contribution in [0.2, 0.25) is 0 Å². The van der Waals surface area contributed by atoms with Gasteiger partial charge in [0.15, 0.2) is 11.5 Å². The van der Waals surface area contributed by atoms with Gasteiger partial charge in [-0.25, -0.2) is 0 Å². The average molecular weight is 369 g/mol. The second-order valence-corrected chi connectivity index (χ2v) is 6.99. The monoisotopic (exact) mass is 369 g/mol. The molecule has 27 heavy (non-hydrogen) atoms. The highest BCUT2D eigenvalue weighted by Crippen LogP contribution is 2.39. The maximum Gasteiger partial charge on any atom is 0.290 e. The summed E-state index contributed by atoms with van der Waals surface area (Å²) in [5.74, 6) is -0.0939. The van der Waals surface area contributed by atoms with Gasteiger partial charge in [-0.3, -0.25) is 9.59 Å². The van der Waals surface area contributed by atoms with Crippen molar-refractivity contribution in [3.63, 3.8) is 0 Å². The lowest BCUT2D eigenvalue weighted by Crippen LogP contribution is -2.30. The molecule has 0 radical (unpaired) electrons. The minimum Gasteiger partial charge on any atom is -0.503 e. The third-order valence-electron chi connectivity index (χ3n) is 4.50. The summed E-state index contributed by atoms with van der Waals surface area (Å²) < 4.78 is 10.7. The second kappa shape index (κ2) is 7.70. The number of benzene rings is 1. The number of Topliss-reactive ketones (excluding diaryl/α,β-unsaturated/α-hetero) is 1. The Morgan fingerprint density at radius 2 is 2.07 bits per heavy atom. The molecule has 0 aliphatic carbocycles. The zero-order valence-electron chi connectivity index (χ0n) is 15.6. The summed E-state index contributed by atoms with van der Waals surface area (Å²) in [7, 11) is 1.57. The van der Waals surface area contributed by atoms with Gasteiger partial charge in [-0.2, -0.15) is 0 Å². The standard InChI is InChI=1S/C21H23NO5/c1-13(2)10-16(23)18-19(17-8-5-9-27-17)22(21(25)20(18)24)12-14-6-4-7-15(11-14)26-3/h4-9,11,13,19,24H,10,12H2,1-3H3. The van der Waals surface area contributed by atoms with Crippen molar-refractivity contribution in [1.29, 1.82) is 0 Å². The molecule has 0 saturated heterocycles. The minimum atomic E-state index is -0.745. The van der Waals surface area contributed by atoms with Crippen molar-refractivity contribution in [1.82, 2.24) is 4.90 Å². The highest BCUT2D eigenvalue weighted by atomic mass is 16.5. The second-order valence-electron chi connectivity index (χ2n) is 6.99. The van der Waals surface area contributed by atoms with Gasteiger partial charge in [-0.05, 0) is 35.7 Å². The van der Waals surface area contributed by atoms with Gasteiger partial charge in [-0.15, -0.1) is 0 Å². The lowest BCUT2D eigenvalue weighted by Gasteiger charge is -2.25. The van der Waals surface area contributed by atoms with Gasteiger partial charge >= 0.3 is 0 Å². The largest absolute Gasteiger partial charge is 0.503 e. The highest BCUT2D eigenvalue weighted by Gasteiger charge is 2.44. The molecular formula is C21H23NO5. The maximum absolute atomic E-state index is 12.8. The van der Waals surface area contributed by atoms with Crippen LogP contribution in [-0.4, -0.2) is 28.8 Å². The number of ether oxygens (including phenoxy) is 1.